The van der Waals surface area contributed by atoms with Gasteiger partial charge in [-0.1, -0.05) is 0 Å². The molecule has 106 valence electrons. The van der Waals surface area contributed by atoms with E-state index in [9.17, 15) is 14.7 Å². The third kappa shape index (κ3) is 4.18. The van der Waals surface area contributed by atoms with Crippen LogP contribution in [0.3, 0.4) is 0 Å². The molecule has 0 aromatic heterocycles. The highest BCUT2D eigenvalue weighted by molar-refractivity contribution is 5.86. The van der Waals surface area contributed by atoms with Crippen LogP contribution < -0.4 is 5.32 Å². The Balaban J connectivity index is 5.06. The van der Waals surface area contributed by atoms with Gasteiger partial charge in [0.15, 0.2) is 5.54 Å². The van der Waals surface area contributed by atoms with Crippen molar-refractivity contribution < 1.29 is 24.2 Å². The molecule has 0 heterocycles. The first-order chi connectivity index (χ1) is 7.83. The van der Waals surface area contributed by atoms with Crippen molar-refractivity contribution in [2.24, 2.45) is 0 Å². The summed E-state index contributed by atoms with van der Waals surface area (Å²) in [4.78, 5) is 23.4. The molecule has 0 fully saturated rings. The molecule has 1 atom stereocenters. The van der Waals surface area contributed by atoms with Crippen molar-refractivity contribution in [3.05, 3.63) is 0 Å². The van der Waals surface area contributed by atoms with Crippen LogP contribution in [0.1, 0.15) is 41.5 Å². The molecule has 0 saturated heterocycles. The third-order valence-electron chi connectivity index (χ3n) is 2.57. The van der Waals surface area contributed by atoms with Gasteiger partial charge < -0.3 is 19.9 Å². The average Bonchev–Trinajstić information content (AvgIpc) is 2.11. The van der Waals surface area contributed by atoms with Gasteiger partial charge in [-0.05, 0) is 41.5 Å². The number of alkyl carbamates (subject to hydrolysis) is 1. The van der Waals surface area contributed by atoms with E-state index in [1.54, 1.807) is 20.8 Å². The van der Waals surface area contributed by atoms with Gasteiger partial charge in [0.2, 0.25) is 0 Å². The van der Waals surface area contributed by atoms with Crippen LogP contribution in [0.5, 0.6) is 0 Å². The van der Waals surface area contributed by atoms with Crippen LogP contribution in [-0.4, -0.2) is 41.0 Å². The topological polar surface area (TPSA) is 84.9 Å². The Bertz CT molecular complexity index is 326. The Morgan fingerprint density at radius 3 is 1.78 bits per heavy atom. The molecule has 0 aliphatic heterocycles. The lowest BCUT2D eigenvalue weighted by Gasteiger charge is -2.38. The van der Waals surface area contributed by atoms with Crippen molar-refractivity contribution in [2.75, 3.05) is 7.11 Å². The maximum absolute atomic E-state index is 11.7. The normalized spacial score (nSPS) is 15.6. The van der Waals surface area contributed by atoms with E-state index < -0.39 is 28.8 Å². The second-order valence-corrected chi connectivity index (χ2v) is 5.80. The summed E-state index contributed by atoms with van der Waals surface area (Å²) in [6.07, 6.45) is -0.794. The summed E-state index contributed by atoms with van der Waals surface area (Å²) in [6, 6.07) is 0. The Hall–Kier alpha value is -1.30. The Morgan fingerprint density at radius 2 is 1.50 bits per heavy atom. The van der Waals surface area contributed by atoms with Gasteiger partial charge in [0.25, 0.3) is 0 Å². The molecule has 0 aliphatic carbocycles. The fourth-order valence-corrected chi connectivity index (χ4v) is 1.17. The number of amides is 1. The lowest BCUT2D eigenvalue weighted by molar-refractivity contribution is -0.158. The van der Waals surface area contributed by atoms with Crippen LogP contribution in [-0.2, 0) is 14.3 Å². The zero-order valence-corrected chi connectivity index (χ0v) is 12.1. The summed E-state index contributed by atoms with van der Waals surface area (Å²) in [5, 5.41) is 12.4. The molecule has 1 unspecified atom stereocenters. The second kappa shape index (κ2) is 5.14. The smallest absolute Gasteiger partial charge is 0.408 e. The molecule has 0 spiro atoms. The van der Waals surface area contributed by atoms with E-state index >= 15 is 0 Å². The standard InChI is InChI=1S/C12H23NO5/c1-10(2,3)18-9(15)13-12(6,8(14)17-7)11(4,5)16/h16H,1-7H3,(H,13,15). The van der Waals surface area contributed by atoms with E-state index in [-0.39, 0.29) is 0 Å². The third-order valence-corrected chi connectivity index (χ3v) is 2.57. The first-order valence-corrected chi connectivity index (χ1v) is 5.65. The van der Waals surface area contributed by atoms with Crippen LogP contribution in [0, 0.1) is 0 Å². The molecule has 0 aliphatic rings. The Labute approximate surface area is 108 Å². The number of nitrogens with one attached hydrogen (secondary N) is 1. The van der Waals surface area contributed by atoms with E-state index in [2.05, 4.69) is 10.1 Å². The maximum Gasteiger partial charge on any atom is 0.408 e. The van der Waals surface area contributed by atoms with Gasteiger partial charge in [0, 0.05) is 0 Å². The zero-order valence-electron chi connectivity index (χ0n) is 12.1. The van der Waals surface area contributed by atoms with Gasteiger partial charge in [-0.15, -0.1) is 0 Å². The predicted octanol–water partition coefficient (Wildman–Crippen LogP) is 1.21. The van der Waals surface area contributed by atoms with Gasteiger partial charge in [0.1, 0.15) is 5.60 Å². The summed E-state index contributed by atoms with van der Waals surface area (Å²) in [5.41, 5.74) is -3.79. The number of methoxy groups -OCH3 is 1. The minimum absolute atomic E-state index is 0.694. The zero-order chi connectivity index (χ0) is 14.8. The van der Waals surface area contributed by atoms with Crippen LogP contribution in [0.4, 0.5) is 4.79 Å². The molecule has 6 heteroatoms. The van der Waals surface area contributed by atoms with Crippen molar-refractivity contribution in [1.29, 1.82) is 0 Å². The van der Waals surface area contributed by atoms with Crippen LogP contribution >= 0.6 is 0 Å². The van der Waals surface area contributed by atoms with Gasteiger partial charge in [-0.25, -0.2) is 9.59 Å². The van der Waals surface area contributed by atoms with Gasteiger partial charge >= 0.3 is 12.1 Å². The number of carbonyl (C=O) groups is 2. The van der Waals surface area contributed by atoms with E-state index in [1.807, 2.05) is 0 Å². The van der Waals surface area contributed by atoms with E-state index in [0.29, 0.717) is 0 Å². The molecule has 0 rings (SSSR count). The molecule has 18 heavy (non-hydrogen) atoms. The van der Waals surface area contributed by atoms with Crippen LogP contribution in [0.25, 0.3) is 0 Å². The highest BCUT2D eigenvalue weighted by Gasteiger charge is 2.49. The molecular formula is C12H23NO5. The highest BCUT2D eigenvalue weighted by Crippen LogP contribution is 2.23. The summed E-state index contributed by atoms with van der Waals surface area (Å²) in [5.74, 6) is -0.749. The fourth-order valence-electron chi connectivity index (χ4n) is 1.17. The molecule has 6 nitrogen and oxygen atoms in total. The fraction of sp³-hybridized carbons (Fsp3) is 0.833. The van der Waals surface area contributed by atoms with Crippen LogP contribution in [0.2, 0.25) is 0 Å². The average molecular weight is 261 g/mol. The molecule has 0 bridgehead atoms. The lowest BCUT2D eigenvalue weighted by atomic mass is 9.84. The minimum Gasteiger partial charge on any atom is -0.467 e. The number of hydrogen-bond donors (Lipinski definition) is 2. The predicted molar refractivity (Wildman–Crippen MR) is 66.1 cm³/mol. The molecule has 0 radical (unpaired) electrons. The molecular weight excluding hydrogens is 238 g/mol. The minimum atomic E-state index is -1.59. The lowest BCUT2D eigenvalue weighted by Crippen LogP contribution is -2.65. The van der Waals surface area contributed by atoms with Crippen molar-refractivity contribution in [2.45, 2.75) is 58.3 Å². The van der Waals surface area contributed by atoms with E-state index in [4.69, 9.17) is 4.74 Å². The molecule has 2 N–H and O–H groups in total. The number of esters is 1. The quantitative estimate of drug-likeness (QED) is 0.746. The van der Waals surface area contributed by atoms with Gasteiger partial charge in [-0.2, -0.15) is 0 Å². The SMILES string of the molecule is COC(=O)C(C)(NC(=O)OC(C)(C)C)C(C)(C)O. The maximum atomic E-state index is 11.7. The number of rotatable bonds is 3. The van der Waals surface area contributed by atoms with Crippen molar-refractivity contribution in [3.63, 3.8) is 0 Å². The van der Waals surface area contributed by atoms with E-state index in [1.165, 1.54) is 27.9 Å². The number of hydrogen-bond acceptors (Lipinski definition) is 5. The molecule has 0 saturated carbocycles. The van der Waals surface area contributed by atoms with Crippen molar-refractivity contribution in [3.8, 4) is 0 Å². The van der Waals surface area contributed by atoms with Gasteiger partial charge in [-0.3, -0.25) is 0 Å². The summed E-state index contributed by atoms with van der Waals surface area (Å²) < 4.78 is 9.66. The van der Waals surface area contributed by atoms with Crippen molar-refractivity contribution in [1.82, 2.24) is 5.32 Å². The highest BCUT2D eigenvalue weighted by atomic mass is 16.6. The molecule has 1 amide bonds. The second-order valence-electron chi connectivity index (χ2n) is 5.80. The summed E-state index contributed by atoms with van der Waals surface area (Å²) in [7, 11) is 1.18. The first-order valence-electron chi connectivity index (χ1n) is 5.65. The largest absolute Gasteiger partial charge is 0.467 e. The van der Waals surface area contributed by atoms with Gasteiger partial charge in [0.05, 0.1) is 12.7 Å². The number of ether oxygens (including phenoxy) is 2. The molecule has 0 aromatic carbocycles. The van der Waals surface area contributed by atoms with Crippen LogP contribution in [0.15, 0.2) is 0 Å². The summed E-state index contributed by atoms with van der Waals surface area (Å²) >= 11 is 0. The van der Waals surface area contributed by atoms with Crippen molar-refractivity contribution >= 4 is 12.1 Å². The number of carbonyl (C=O) groups excluding carboxylic acids is 2. The number of aliphatic hydroxyl groups is 1. The summed E-state index contributed by atoms with van der Waals surface area (Å²) in [6.45, 7) is 9.29. The van der Waals surface area contributed by atoms with E-state index in [0.717, 1.165) is 0 Å². The molecule has 0 aromatic rings. The first kappa shape index (κ1) is 16.7. The monoisotopic (exact) mass is 261 g/mol. The Morgan fingerprint density at radius 1 is 1.06 bits per heavy atom. The Kier molecular flexibility index (Phi) is 4.77.